The van der Waals surface area contributed by atoms with Gasteiger partial charge >= 0.3 is 0 Å². The molecule has 0 unspecified atom stereocenters. The largest absolute Gasteiger partial charge is 0.383 e. The molecule has 1 fully saturated rings. The van der Waals surface area contributed by atoms with Crippen LogP contribution in [0.4, 0.5) is 10.2 Å². The molecular weight excluding hydrogens is 355 g/mol. The Hall–Kier alpha value is -2.47. The van der Waals surface area contributed by atoms with Gasteiger partial charge in [-0.25, -0.2) is 14.4 Å². The molecule has 0 saturated carbocycles. The van der Waals surface area contributed by atoms with Crippen LogP contribution < -0.4 is 4.90 Å². The lowest BCUT2D eigenvalue weighted by molar-refractivity contribution is 0.185. The van der Waals surface area contributed by atoms with Crippen molar-refractivity contribution >= 4 is 16.7 Å². The molecule has 0 N–H and O–H groups in total. The number of pyridine rings is 1. The Morgan fingerprint density at radius 2 is 2.11 bits per heavy atom. The highest BCUT2D eigenvalue weighted by molar-refractivity contribution is 5.85. The summed E-state index contributed by atoms with van der Waals surface area (Å²) in [6, 6.07) is 5.26. The number of piperidine rings is 1. The minimum atomic E-state index is -0.209. The fourth-order valence-corrected chi connectivity index (χ4v) is 4.21. The second-order valence-electron chi connectivity index (χ2n) is 7.65. The van der Waals surface area contributed by atoms with Gasteiger partial charge in [0.15, 0.2) is 0 Å². The summed E-state index contributed by atoms with van der Waals surface area (Å²) < 4.78 is 21.7. The van der Waals surface area contributed by atoms with Crippen LogP contribution in [-0.2, 0) is 11.3 Å². The lowest BCUT2D eigenvalue weighted by Gasteiger charge is -2.34. The van der Waals surface area contributed by atoms with Crippen LogP contribution in [0.25, 0.3) is 10.9 Å². The summed E-state index contributed by atoms with van der Waals surface area (Å²) in [6.45, 7) is 7.33. The summed E-state index contributed by atoms with van der Waals surface area (Å²) in [5.41, 5.74) is 2.77. The molecule has 0 aliphatic carbocycles. The third-order valence-corrected chi connectivity index (χ3v) is 5.67. The zero-order valence-corrected chi connectivity index (χ0v) is 16.8. The number of aromatic nitrogens is 3. The van der Waals surface area contributed by atoms with Crippen molar-refractivity contribution in [3.8, 4) is 0 Å². The van der Waals surface area contributed by atoms with E-state index in [0.29, 0.717) is 17.9 Å². The molecule has 148 valence electrons. The highest BCUT2D eigenvalue weighted by Gasteiger charge is 2.26. The molecule has 4 rings (SSSR count). The Morgan fingerprint density at radius 1 is 1.25 bits per heavy atom. The van der Waals surface area contributed by atoms with Crippen molar-refractivity contribution in [3.63, 3.8) is 0 Å². The highest BCUT2D eigenvalue weighted by Crippen LogP contribution is 2.32. The molecule has 3 aromatic rings. The van der Waals surface area contributed by atoms with Crippen LogP contribution in [-0.4, -0.2) is 41.3 Å². The van der Waals surface area contributed by atoms with Crippen molar-refractivity contribution in [1.82, 2.24) is 14.5 Å². The lowest BCUT2D eigenvalue weighted by atomic mass is 9.96. The summed E-state index contributed by atoms with van der Waals surface area (Å²) in [6.07, 6.45) is 6.10. The van der Waals surface area contributed by atoms with E-state index in [1.165, 1.54) is 6.07 Å². The second-order valence-corrected chi connectivity index (χ2v) is 7.65. The van der Waals surface area contributed by atoms with Crippen molar-refractivity contribution in [3.05, 3.63) is 53.4 Å². The predicted octanol–water partition coefficient (Wildman–Crippen LogP) is 4.22. The maximum absolute atomic E-state index is 14.2. The third-order valence-electron chi connectivity index (χ3n) is 5.67. The van der Waals surface area contributed by atoms with E-state index in [-0.39, 0.29) is 5.82 Å². The number of rotatable bonds is 5. The van der Waals surface area contributed by atoms with Crippen LogP contribution in [0, 0.1) is 19.7 Å². The number of aryl methyl sites for hydroxylation is 2. The summed E-state index contributed by atoms with van der Waals surface area (Å²) in [5, 5.41) is 0.602. The van der Waals surface area contributed by atoms with E-state index in [0.717, 1.165) is 60.8 Å². The number of hydrogen-bond acceptors (Lipinski definition) is 4. The van der Waals surface area contributed by atoms with Gasteiger partial charge in [-0.3, -0.25) is 0 Å². The molecule has 28 heavy (non-hydrogen) atoms. The van der Waals surface area contributed by atoms with Crippen LogP contribution in [0.5, 0.6) is 0 Å². The van der Waals surface area contributed by atoms with Gasteiger partial charge in [0.1, 0.15) is 17.5 Å². The molecule has 1 aliphatic heterocycles. The van der Waals surface area contributed by atoms with Gasteiger partial charge < -0.3 is 14.2 Å². The minimum Gasteiger partial charge on any atom is -0.383 e. The molecule has 1 saturated heterocycles. The van der Waals surface area contributed by atoms with Crippen LogP contribution in [0.3, 0.4) is 0 Å². The molecular formula is C22H27FN4O. The van der Waals surface area contributed by atoms with Gasteiger partial charge in [0, 0.05) is 50.4 Å². The third kappa shape index (κ3) is 3.49. The Morgan fingerprint density at radius 3 is 2.93 bits per heavy atom. The number of imidazole rings is 1. The first-order valence-corrected chi connectivity index (χ1v) is 9.90. The number of hydrogen-bond donors (Lipinski definition) is 0. The first kappa shape index (κ1) is 18.9. The number of halogens is 1. The van der Waals surface area contributed by atoms with E-state index in [1.54, 1.807) is 13.2 Å². The summed E-state index contributed by atoms with van der Waals surface area (Å²) >= 11 is 0. The molecule has 1 aromatic carbocycles. The monoisotopic (exact) mass is 382 g/mol. The Labute approximate surface area is 165 Å². The number of ether oxygens (including phenoxy) is 1. The van der Waals surface area contributed by atoms with Gasteiger partial charge in [0.2, 0.25) is 0 Å². The standard InChI is InChI=1S/C22H27FN4O/c1-15-6-7-19(23)18-13-16(2)21(25-20(15)18)27-9-4-5-17(14-27)22-24-8-10-26(22)11-12-28-3/h6-8,10,13,17H,4-5,9,11-12,14H2,1-3H3/t17-/m1/s1. The number of nitrogens with zero attached hydrogens (tertiary/aromatic N) is 4. The van der Waals surface area contributed by atoms with Gasteiger partial charge in [0.25, 0.3) is 0 Å². The second kappa shape index (κ2) is 7.87. The van der Waals surface area contributed by atoms with Crippen LogP contribution in [0.1, 0.15) is 35.7 Å². The van der Waals surface area contributed by atoms with Crippen LogP contribution in [0.15, 0.2) is 30.6 Å². The topological polar surface area (TPSA) is 43.2 Å². The SMILES string of the molecule is COCCn1ccnc1[C@@H]1CCCN(c2nc3c(C)ccc(F)c3cc2C)C1. The molecule has 1 atom stereocenters. The molecule has 0 radical (unpaired) electrons. The first-order chi connectivity index (χ1) is 13.6. The molecule has 2 aromatic heterocycles. The quantitative estimate of drug-likeness (QED) is 0.663. The number of benzene rings is 1. The first-order valence-electron chi connectivity index (χ1n) is 9.90. The molecule has 0 spiro atoms. The van der Waals surface area contributed by atoms with Crippen molar-refractivity contribution in [1.29, 1.82) is 0 Å². The van der Waals surface area contributed by atoms with Crippen molar-refractivity contribution in [2.45, 2.75) is 39.2 Å². The fraction of sp³-hybridized carbons (Fsp3) is 0.455. The molecule has 0 bridgehead atoms. The normalized spacial score (nSPS) is 17.4. The number of methoxy groups -OCH3 is 1. The Bertz CT molecular complexity index is 984. The smallest absolute Gasteiger partial charge is 0.132 e. The average molecular weight is 382 g/mol. The van der Waals surface area contributed by atoms with Gasteiger partial charge in [-0.05, 0) is 49.9 Å². The summed E-state index contributed by atoms with van der Waals surface area (Å²) in [4.78, 5) is 11.9. The van der Waals surface area contributed by atoms with Crippen molar-refractivity contribution < 1.29 is 9.13 Å². The molecule has 0 amide bonds. The van der Waals surface area contributed by atoms with Crippen LogP contribution >= 0.6 is 0 Å². The zero-order valence-electron chi connectivity index (χ0n) is 16.8. The van der Waals surface area contributed by atoms with Crippen molar-refractivity contribution in [2.24, 2.45) is 0 Å². The van der Waals surface area contributed by atoms with E-state index in [1.807, 2.05) is 32.3 Å². The van der Waals surface area contributed by atoms with E-state index >= 15 is 0 Å². The van der Waals surface area contributed by atoms with Gasteiger partial charge in [-0.2, -0.15) is 0 Å². The predicted molar refractivity (Wildman–Crippen MR) is 109 cm³/mol. The molecule has 5 nitrogen and oxygen atoms in total. The van der Waals surface area contributed by atoms with E-state index in [2.05, 4.69) is 14.5 Å². The molecule has 6 heteroatoms. The van der Waals surface area contributed by atoms with Gasteiger partial charge in [-0.15, -0.1) is 0 Å². The van der Waals surface area contributed by atoms with Crippen molar-refractivity contribution in [2.75, 3.05) is 31.7 Å². The van der Waals surface area contributed by atoms with E-state index in [9.17, 15) is 4.39 Å². The van der Waals surface area contributed by atoms with E-state index < -0.39 is 0 Å². The Balaban J connectivity index is 1.64. The maximum atomic E-state index is 14.2. The van der Waals surface area contributed by atoms with Crippen LogP contribution in [0.2, 0.25) is 0 Å². The number of anilines is 1. The maximum Gasteiger partial charge on any atom is 0.132 e. The molecule has 1 aliphatic rings. The lowest BCUT2D eigenvalue weighted by Crippen LogP contribution is -2.36. The zero-order chi connectivity index (χ0) is 19.7. The minimum absolute atomic E-state index is 0.209. The molecule has 3 heterocycles. The number of fused-ring (bicyclic) bond motifs is 1. The van der Waals surface area contributed by atoms with Gasteiger partial charge in [-0.1, -0.05) is 6.07 Å². The average Bonchev–Trinajstić information content (AvgIpc) is 3.18. The summed E-state index contributed by atoms with van der Waals surface area (Å²) in [5.74, 6) is 2.22. The van der Waals surface area contributed by atoms with Gasteiger partial charge in [0.05, 0.1) is 12.1 Å². The van der Waals surface area contributed by atoms with E-state index in [4.69, 9.17) is 9.72 Å². The highest BCUT2D eigenvalue weighted by atomic mass is 19.1. The Kier molecular flexibility index (Phi) is 5.31. The fourth-order valence-electron chi connectivity index (χ4n) is 4.21. The summed E-state index contributed by atoms with van der Waals surface area (Å²) in [7, 11) is 1.72.